The van der Waals surface area contributed by atoms with Crippen LogP contribution in [0, 0.1) is 0 Å². The van der Waals surface area contributed by atoms with E-state index in [0.717, 1.165) is 25.3 Å². The second kappa shape index (κ2) is 6.06. The molecule has 0 saturated carbocycles. The van der Waals surface area contributed by atoms with Crippen molar-refractivity contribution >= 4 is 0 Å². The molecule has 0 bridgehead atoms. The summed E-state index contributed by atoms with van der Waals surface area (Å²) in [4.78, 5) is 4.18. The fraction of sp³-hybridized carbons (Fsp3) is 0.353. The molecule has 1 N–H and O–H groups in total. The summed E-state index contributed by atoms with van der Waals surface area (Å²) < 4.78 is 5.71. The van der Waals surface area contributed by atoms with Gasteiger partial charge in [-0.15, -0.1) is 0 Å². The molecule has 0 radical (unpaired) electrons. The Balaban J connectivity index is 1.65. The Hall–Kier alpha value is -1.87. The van der Waals surface area contributed by atoms with Crippen molar-refractivity contribution in [2.24, 2.45) is 0 Å². The number of para-hydroxylation sites is 1. The Kier molecular flexibility index (Phi) is 3.97. The van der Waals surface area contributed by atoms with Gasteiger partial charge >= 0.3 is 0 Å². The second-order valence-electron chi connectivity index (χ2n) is 5.29. The number of hydrogen-bond acceptors (Lipinski definition) is 3. The van der Waals surface area contributed by atoms with Crippen LogP contribution in [0.4, 0.5) is 0 Å². The van der Waals surface area contributed by atoms with E-state index in [1.54, 1.807) is 0 Å². The highest BCUT2D eigenvalue weighted by Gasteiger charge is 2.21. The Morgan fingerprint density at radius 3 is 3.05 bits per heavy atom. The first-order valence-electron chi connectivity index (χ1n) is 7.19. The molecule has 1 aromatic heterocycles. The van der Waals surface area contributed by atoms with Crippen LogP contribution >= 0.6 is 0 Å². The monoisotopic (exact) mass is 268 g/mol. The number of nitrogens with zero attached hydrogens (tertiary/aromatic N) is 1. The minimum atomic E-state index is 0.318. The van der Waals surface area contributed by atoms with E-state index in [-0.39, 0.29) is 0 Å². The first kappa shape index (κ1) is 13.1. The number of benzene rings is 1. The fourth-order valence-electron chi connectivity index (χ4n) is 2.70. The molecular formula is C17H20N2O. The summed E-state index contributed by atoms with van der Waals surface area (Å²) in [5.41, 5.74) is 2.55. The van der Waals surface area contributed by atoms with Gasteiger partial charge in [0.25, 0.3) is 0 Å². The number of rotatable bonds is 4. The second-order valence-corrected chi connectivity index (χ2v) is 5.29. The third-order valence-corrected chi connectivity index (χ3v) is 3.94. The standard InChI is InChI=1S/C17H20N2O/c1-13(14-5-4-9-18-11-14)19-12-15-8-10-20-17-7-3-2-6-16(15)17/h2-7,9,11,13,15,19H,8,10,12H2,1H3. The highest BCUT2D eigenvalue weighted by atomic mass is 16.5. The van der Waals surface area contributed by atoms with Gasteiger partial charge in [0.1, 0.15) is 5.75 Å². The molecule has 2 atom stereocenters. The topological polar surface area (TPSA) is 34.1 Å². The molecule has 3 rings (SSSR count). The zero-order chi connectivity index (χ0) is 13.8. The molecule has 0 spiro atoms. The van der Waals surface area contributed by atoms with E-state index < -0.39 is 0 Å². The minimum Gasteiger partial charge on any atom is -0.493 e. The first-order chi connectivity index (χ1) is 9.84. The van der Waals surface area contributed by atoms with Gasteiger partial charge in [0.2, 0.25) is 0 Å². The molecule has 2 aromatic rings. The molecular weight excluding hydrogens is 248 g/mol. The smallest absolute Gasteiger partial charge is 0.122 e. The lowest BCUT2D eigenvalue weighted by molar-refractivity contribution is 0.263. The van der Waals surface area contributed by atoms with Crippen LogP contribution in [0.15, 0.2) is 48.8 Å². The number of aromatic nitrogens is 1. The lowest BCUT2D eigenvalue weighted by atomic mass is 9.93. The highest BCUT2D eigenvalue weighted by molar-refractivity contribution is 5.38. The van der Waals surface area contributed by atoms with Crippen molar-refractivity contribution < 1.29 is 4.74 Å². The number of nitrogens with one attached hydrogen (secondary N) is 1. The highest BCUT2D eigenvalue weighted by Crippen LogP contribution is 2.33. The fourth-order valence-corrected chi connectivity index (χ4v) is 2.70. The molecule has 0 amide bonds. The lowest BCUT2D eigenvalue weighted by Crippen LogP contribution is -2.28. The molecule has 1 aliphatic rings. The van der Waals surface area contributed by atoms with E-state index in [9.17, 15) is 0 Å². The van der Waals surface area contributed by atoms with E-state index in [2.05, 4.69) is 41.5 Å². The van der Waals surface area contributed by atoms with Gasteiger partial charge in [-0.1, -0.05) is 24.3 Å². The summed E-state index contributed by atoms with van der Waals surface area (Å²) in [6, 6.07) is 12.8. The summed E-state index contributed by atoms with van der Waals surface area (Å²) in [7, 11) is 0. The van der Waals surface area contributed by atoms with Crippen LogP contribution in [0.25, 0.3) is 0 Å². The molecule has 0 saturated heterocycles. The van der Waals surface area contributed by atoms with E-state index in [1.165, 1.54) is 11.1 Å². The van der Waals surface area contributed by atoms with E-state index in [0.29, 0.717) is 12.0 Å². The summed E-state index contributed by atoms with van der Waals surface area (Å²) >= 11 is 0. The van der Waals surface area contributed by atoms with Crippen molar-refractivity contribution in [1.29, 1.82) is 0 Å². The molecule has 0 fully saturated rings. The molecule has 3 nitrogen and oxygen atoms in total. The van der Waals surface area contributed by atoms with Gasteiger partial charge < -0.3 is 10.1 Å². The number of ether oxygens (including phenoxy) is 1. The van der Waals surface area contributed by atoms with Gasteiger partial charge in [-0.05, 0) is 36.6 Å². The zero-order valence-corrected chi connectivity index (χ0v) is 11.8. The molecule has 3 heteroatoms. The van der Waals surface area contributed by atoms with Gasteiger partial charge in [-0.3, -0.25) is 4.98 Å². The normalized spacial score (nSPS) is 18.9. The molecule has 0 aliphatic carbocycles. The van der Waals surface area contributed by atoms with Crippen LogP contribution in [0.5, 0.6) is 5.75 Å². The molecule has 1 aliphatic heterocycles. The Labute approximate surface area is 120 Å². The van der Waals surface area contributed by atoms with Gasteiger partial charge in [-0.25, -0.2) is 0 Å². The summed E-state index contributed by atoms with van der Waals surface area (Å²) in [6.45, 7) is 3.96. The Morgan fingerprint density at radius 2 is 2.20 bits per heavy atom. The molecule has 1 aromatic carbocycles. The van der Waals surface area contributed by atoms with Gasteiger partial charge in [0.15, 0.2) is 0 Å². The number of fused-ring (bicyclic) bond motifs is 1. The number of pyridine rings is 1. The lowest BCUT2D eigenvalue weighted by Gasteiger charge is -2.27. The van der Waals surface area contributed by atoms with Crippen LogP contribution in [0.2, 0.25) is 0 Å². The van der Waals surface area contributed by atoms with Gasteiger partial charge in [-0.2, -0.15) is 0 Å². The average Bonchev–Trinajstić information content (AvgIpc) is 2.53. The average molecular weight is 268 g/mol. The SMILES string of the molecule is CC(NCC1CCOc2ccccc21)c1cccnc1. The van der Waals surface area contributed by atoms with Gasteiger partial charge in [0, 0.05) is 30.9 Å². The Bertz CT molecular complexity index is 556. The molecule has 2 heterocycles. The summed E-state index contributed by atoms with van der Waals surface area (Å²) in [5.74, 6) is 1.57. The van der Waals surface area contributed by atoms with Crippen LogP contribution in [-0.4, -0.2) is 18.1 Å². The van der Waals surface area contributed by atoms with Crippen LogP contribution in [-0.2, 0) is 0 Å². The molecule has 2 unspecified atom stereocenters. The van der Waals surface area contributed by atoms with E-state index >= 15 is 0 Å². The van der Waals surface area contributed by atoms with Crippen LogP contribution in [0.1, 0.15) is 36.4 Å². The van der Waals surface area contributed by atoms with Crippen molar-refractivity contribution in [2.45, 2.75) is 25.3 Å². The van der Waals surface area contributed by atoms with E-state index in [1.807, 2.05) is 24.5 Å². The van der Waals surface area contributed by atoms with E-state index in [4.69, 9.17) is 4.74 Å². The molecule has 20 heavy (non-hydrogen) atoms. The predicted octanol–water partition coefficient (Wildman–Crippen LogP) is 3.30. The minimum absolute atomic E-state index is 0.318. The number of hydrogen-bond donors (Lipinski definition) is 1. The predicted molar refractivity (Wildman–Crippen MR) is 79.9 cm³/mol. The van der Waals surface area contributed by atoms with Crippen molar-refractivity contribution in [2.75, 3.05) is 13.2 Å². The van der Waals surface area contributed by atoms with Crippen molar-refractivity contribution in [3.8, 4) is 5.75 Å². The molecule has 104 valence electrons. The maximum absolute atomic E-state index is 5.71. The zero-order valence-electron chi connectivity index (χ0n) is 11.8. The van der Waals surface area contributed by atoms with Crippen LogP contribution < -0.4 is 10.1 Å². The van der Waals surface area contributed by atoms with Crippen molar-refractivity contribution in [1.82, 2.24) is 10.3 Å². The maximum Gasteiger partial charge on any atom is 0.122 e. The first-order valence-corrected chi connectivity index (χ1v) is 7.19. The summed E-state index contributed by atoms with van der Waals surface area (Å²) in [5, 5.41) is 3.61. The summed E-state index contributed by atoms with van der Waals surface area (Å²) in [6.07, 6.45) is 4.81. The maximum atomic E-state index is 5.71. The quantitative estimate of drug-likeness (QED) is 0.924. The van der Waals surface area contributed by atoms with Crippen molar-refractivity contribution in [3.63, 3.8) is 0 Å². The van der Waals surface area contributed by atoms with Crippen LogP contribution in [0.3, 0.4) is 0 Å². The van der Waals surface area contributed by atoms with Gasteiger partial charge in [0.05, 0.1) is 6.61 Å². The third kappa shape index (κ3) is 2.83. The largest absolute Gasteiger partial charge is 0.493 e. The third-order valence-electron chi connectivity index (χ3n) is 3.94. The Morgan fingerprint density at radius 1 is 1.30 bits per heavy atom. The van der Waals surface area contributed by atoms with Crippen molar-refractivity contribution in [3.05, 3.63) is 59.9 Å².